The van der Waals surface area contributed by atoms with E-state index in [0.717, 1.165) is 23.4 Å². The molecule has 1 aliphatic heterocycles. The largest absolute Gasteiger partial charge is 0.309 e. The van der Waals surface area contributed by atoms with Crippen LogP contribution in [0.2, 0.25) is 0 Å². The van der Waals surface area contributed by atoms with Gasteiger partial charge in [0, 0.05) is 16.6 Å². The lowest BCUT2D eigenvalue weighted by Crippen LogP contribution is -2.30. The summed E-state index contributed by atoms with van der Waals surface area (Å²) in [6.07, 6.45) is 0.809. The van der Waals surface area contributed by atoms with E-state index >= 15 is 0 Å². The highest BCUT2D eigenvalue weighted by Crippen LogP contribution is 2.21. The molecule has 96 valence electrons. The van der Waals surface area contributed by atoms with Crippen molar-refractivity contribution in [3.05, 3.63) is 64.6 Å². The predicted molar refractivity (Wildman–Crippen MR) is 82.2 cm³/mol. The molecule has 0 aromatic heterocycles. The Bertz CT molecular complexity index is 595. The molecule has 19 heavy (non-hydrogen) atoms. The Morgan fingerprint density at radius 2 is 1.79 bits per heavy atom. The highest BCUT2D eigenvalue weighted by Gasteiger charge is 2.19. The van der Waals surface area contributed by atoms with Gasteiger partial charge in [0.25, 0.3) is 0 Å². The third-order valence-electron chi connectivity index (χ3n) is 3.12. The predicted octanol–water partition coefficient (Wildman–Crippen LogP) is 3.37. The second-order valence-electron chi connectivity index (χ2n) is 4.38. The first kappa shape index (κ1) is 12.2. The summed E-state index contributed by atoms with van der Waals surface area (Å²) >= 11 is 3.59. The number of nitrogens with zero attached hydrogens (tertiary/aromatic N) is 2. The van der Waals surface area contributed by atoms with Crippen molar-refractivity contribution in [1.29, 1.82) is 0 Å². The maximum absolute atomic E-state index is 4.40. The lowest BCUT2D eigenvalue weighted by molar-refractivity contribution is 0.807. The fourth-order valence-corrected chi connectivity index (χ4v) is 2.57. The molecule has 0 fully saturated rings. The van der Waals surface area contributed by atoms with Gasteiger partial charge in [0.2, 0.25) is 0 Å². The Kier molecular flexibility index (Phi) is 3.51. The second kappa shape index (κ2) is 5.45. The van der Waals surface area contributed by atoms with Gasteiger partial charge in [0.05, 0.1) is 0 Å². The number of hydrogen-bond acceptors (Lipinski definition) is 3. The van der Waals surface area contributed by atoms with Crippen LogP contribution in [0.25, 0.3) is 0 Å². The van der Waals surface area contributed by atoms with Crippen molar-refractivity contribution in [2.24, 2.45) is 5.10 Å². The standard InChI is InChI=1S/C15H14BrN3/c16-14-9-5-4-6-12(14)10-15-18-17-11-19(15)13-7-2-1-3-8-13/h1-9,17H,10-11H2. The molecule has 2 aromatic rings. The molecule has 1 N–H and O–H groups in total. The Balaban J connectivity index is 1.83. The zero-order chi connectivity index (χ0) is 13.1. The molecule has 0 aliphatic carbocycles. The molecular formula is C15H14BrN3. The molecular weight excluding hydrogens is 302 g/mol. The lowest BCUT2D eigenvalue weighted by Gasteiger charge is -2.19. The number of benzene rings is 2. The Hall–Kier alpha value is -1.81. The Morgan fingerprint density at radius 1 is 1.05 bits per heavy atom. The van der Waals surface area contributed by atoms with E-state index in [-0.39, 0.29) is 0 Å². The second-order valence-corrected chi connectivity index (χ2v) is 5.23. The van der Waals surface area contributed by atoms with Gasteiger partial charge in [-0.25, -0.2) is 0 Å². The van der Waals surface area contributed by atoms with Crippen molar-refractivity contribution in [3.63, 3.8) is 0 Å². The van der Waals surface area contributed by atoms with Crippen LogP contribution in [0, 0.1) is 0 Å². The number of rotatable bonds is 3. The molecule has 0 unspecified atom stereocenters. The van der Waals surface area contributed by atoms with Gasteiger partial charge >= 0.3 is 0 Å². The molecule has 0 spiro atoms. The zero-order valence-corrected chi connectivity index (χ0v) is 12.0. The van der Waals surface area contributed by atoms with Gasteiger partial charge in [-0.3, -0.25) is 5.43 Å². The number of anilines is 1. The van der Waals surface area contributed by atoms with Crippen LogP contribution >= 0.6 is 15.9 Å². The fourth-order valence-electron chi connectivity index (χ4n) is 2.14. The first-order chi connectivity index (χ1) is 9.34. The number of amidine groups is 1. The van der Waals surface area contributed by atoms with Crippen LogP contribution in [0.4, 0.5) is 5.69 Å². The topological polar surface area (TPSA) is 27.6 Å². The number of nitrogens with one attached hydrogen (secondary N) is 1. The van der Waals surface area contributed by atoms with Crippen molar-refractivity contribution in [1.82, 2.24) is 5.43 Å². The van der Waals surface area contributed by atoms with Crippen molar-refractivity contribution < 1.29 is 0 Å². The minimum atomic E-state index is 0.726. The van der Waals surface area contributed by atoms with E-state index in [9.17, 15) is 0 Å². The lowest BCUT2D eigenvalue weighted by atomic mass is 10.1. The summed E-state index contributed by atoms with van der Waals surface area (Å²) < 4.78 is 1.12. The Labute approximate surface area is 121 Å². The molecule has 0 atom stereocenters. The zero-order valence-electron chi connectivity index (χ0n) is 10.4. The quantitative estimate of drug-likeness (QED) is 0.940. The van der Waals surface area contributed by atoms with E-state index in [1.807, 2.05) is 24.3 Å². The van der Waals surface area contributed by atoms with Gasteiger partial charge in [0.15, 0.2) is 0 Å². The maximum Gasteiger partial charge on any atom is 0.135 e. The number of hydrazone groups is 1. The van der Waals surface area contributed by atoms with Crippen molar-refractivity contribution in [2.75, 3.05) is 11.6 Å². The van der Waals surface area contributed by atoms with Gasteiger partial charge in [-0.05, 0) is 23.8 Å². The van der Waals surface area contributed by atoms with E-state index in [2.05, 4.69) is 61.7 Å². The van der Waals surface area contributed by atoms with Gasteiger partial charge in [0.1, 0.15) is 12.5 Å². The van der Waals surface area contributed by atoms with Crippen LogP contribution < -0.4 is 10.3 Å². The van der Waals surface area contributed by atoms with E-state index in [4.69, 9.17) is 0 Å². The normalized spacial score (nSPS) is 14.2. The molecule has 0 bridgehead atoms. The fraction of sp³-hybridized carbons (Fsp3) is 0.133. The van der Waals surface area contributed by atoms with E-state index in [0.29, 0.717) is 0 Å². The first-order valence-corrected chi connectivity index (χ1v) is 6.99. The molecule has 1 heterocycles. The summed E-state index contributed by atoms with van der Waals surface area (Å²) in [4.78, 5) is 2.19. The SMILES string of the molecule is Brc1ccccc1CC1=NNCN1c1ccccc1. The average molecular weight is 316 g/mol. The summed E-state index contributed by atoms with van der Waals surface area (Å²) in [5, 5.41) is 4.40. The number of halogens is 1. The minimum absolute atomic E-state index is 0.726. The van der Waals surface area contributed by atoms with E-state index in [1.165, 1.54) is 11.3 Å². The molecule has 3 nitrogen and oxygen atoms in total. The van der Waals surface area contributed by atoms with Crippen LogP contribution in [-0.2, 0) is 6.42 Å². The molecule has 3 rings (SSSR count). The highest BCUT2D eigenvalue weighted by molar-refractivity contribution is 9.10. The molecule has 4 heteroatoms. The summed E-state index contributed by atoms with van der Waals surface area (Å²) in [7, 11) is 0. The average Bonchev–Trinajstić information content (AvgIpc) is 2.91. The monoisotopic (exact) mass is 315 g/mol. The Morgan fingerprint density at radius 3 is 2.58 bits per heavy atom. The van der Waals surface area contributed by atoms with Crippen molar-refractivity contribution >= 4 is 27.5 Å². The maximum atomic E-state index is 4.40. The summed E-state index contributed by atoms with van der Waals surface area (Å²) in [5.74, 6) is 1.04. The van der Waals surface area contributed by atoms with Crippen LogP contribution in [0.3, 0.4) is 0 Å². The summed E-state index contributed by atoms with van der Waals surface area (Å²) in [5.41, 5.74) is 5.47. The van der Waals surface area contributed by atoms with Crippen molar-refractivity contribution in [3.8, 4) is 0 Å². The first-order valence-electron chi connectivity index (χ1n) is 6.20. The van der Waals surface area contributed by atoms with Crippen LogP contribution in [0.1, 0.15) is 5.56 Å². The van der Waals surface area contributed by atoms with Crippen LogP contribution in [-0.4, -0.2) is 12.5 Å². The van der Waals surface area contributed by atoms with Gasteiger partial charge in [-0.15, -0.1) is 0 Å². The van der Waals surface area contributed by atoms with Crippen LogP contribution in [0.5, 0.6) is 0 Å². The summed E-state index contributed by atoms with van der Waals surface area (Å²) in [6, 6.07) is 18.6. The highest BCUT2D eigenvalue weighted by atomic mass is 79.9. The van der Waals surface area contributed by atoms with Gasteiger partial charge in [-0.1, -0.05) is 52.3 Å². The van der Waals surface area contributed by atoms with E-state index in [1.54, 1.807) is 0 Å². The minimum Gasteiger partial charge on any atom is -0.309 e. The third-order valence-corrected chi connectivity index (χ3v) is 3.90. The summed E-state index contributed by atoms with van der Waals surface area (Å²) in [6.45, 7) is 0.726. The molecule has 1 aliphatic rings. The molecule has 0 saturated carbocycles. The molecule has 2 aromatic carbocycles. The van der Waals surface area contributed by atoms with Crippen LogP contribution in [0.15, 0.2) is 64.2 Å². The number of hydrogen-bond donors (Lipinski definition) is 1. The molecule has 0 saturated heterocycles. The van der Waals surface area contributed by atoms with E-state index < -0.39 is 0 Å². The third kappa shape index (κ3) is 2.63. The van der Waals surface area contributed by atoms with Crippen molar-refractivity contribution in [2.45, 2.75) is 6.42 Å². The molecule has 0 radical (unpaired) electrons. The molecule has 0 amide bonds. The van der Waals surface area contributed by atoms with Gasteiger partial charge < -0.3 is 4.90 Å². The number of para-hydroxylation sites is 1. The smallest absolute Gasteiger partial charge is 0.135 e. The van der Waals surface area contributed by atoms with Gasteiger partial charge in [-0.2, -0.15) is 5.10 Å².